The van der Waals surface area contributed by atoms with Gasteiger partial charge in [-0.1, -0.05) is 37.6 Å². The number of rotatable bonds is 6. The minimum atomic E-state index is -0.139. The summed E-state index contributed by atoms with van der Waals surface area (Å²) in [7, 11) is 0. The highest BCUT2D eigenvalue weighted by molar-refractivity contribution is 8.00. The molecule has 1 amide bonds. The van der Waals surface area contributed by atoms with Gasteiger partial charge in [0.25, 0.3) is 0 Å². The molecule has 1 aliphatic rings. The van der Waals surface area contributed by atoms with E-state index in [9.17, 15) is 4.79 Å². The summed E-state index contributed by atoms with van der Waals surface area (Å²) >= 11 is 1.70. The van der Waals surface area contributed by atoms with Crippen molar-refractivity contribution in [2.45, 2.75) is 44.5 Å². The van der Waals surface area contributed by atoms with Gasteiger partial charge in [0.1, 0.15) is 5.25 Å². The molecule has 0 aliphatic carbocycles. The maximum Gasteiger partial charge on any atom is 0.238 e. The molecule has 1 unspecified atom stereocenters. The van der Waals surface area contributed by atoms with Crippen LogP contribution in [0.5, 0.6) is 0 Å². The van der Waals surface area contributed by atoms with Crippen molar-refractivity contribution in [2.75, 3.05) is 5.75 Å². The minimum Gasteiger partial charge on any atom is -0.347 e. The third-order valence-corrected chi connectivity index (χ3v) is 5.22. The number of unbranched alkanes of at least 4 members (excludes halogenated alkanes) is 1. The Morgan fingerprint density at radius 3 is 3.17 bits per heavy atom. The van der Waals surface area contributed by atoms with Crippen LogP contribution in [0.1, 0.15) is 42.0 Å². The molecule has 0 radical (unpaired) electrons. The second kappa shape index (κ2) is 7.59. The molecule has 1 N–H and O–H groups in total. The molecule has 0 saturated heterocycles. The van der Waals surface area contributed by atoms with Crippen LogP contribution in [0, 0.1) is 0 Å². The number of nitrogens with one attached hydrogen (secondary N) is 1. The summed E-state index contributed by atoms with van der Waals surface area (Å²) in [5, 5.41) is 14.5. The van der Waals surface area contributed by atoms with Crippen molar-refractivity contribution in [2.24, 2.45) is 0 Å². The Labute approximate surface area is 140 Å². The van der Waals surface area contributed by atoms with Gasteiger partial charge in [0, 0.05) is 6.54 Å². The number of hydrogen-bond donors (Lipinski definition) is 1. The van der Waals surface area contributed by atoms with Gasteiger partial charge in [0.15, 0.2) is 5.82 Å². The van der Waals surface area contributed by atoms with Crippen LogP contribution in [-0.4, -0.2) is 31.9 Å². The molecule has 7 heteroatoms. The first-order chi connectivity index (χ1) is 11.3. The number of benzene rings is 1. The average Bonchev–Trinajstić information content (AvgIpc) is 3.04. The highest BCUT2D eigenvalue weighted by atomic mass is 32.2. The fourth-order valence-electron chi connectivity index (χ4n) is 2.70. The van der Waals surface area contributed by atoms with Gasteiger partial charge in [-0.2, -0.15) is 0 Å². The third-order valence-electron chi connectivity index (χ3n) is 3.98. The summed E-state index contributed by atoms with van der Waals surface area (Å²) < 4.78 is 1.77. The lowest BCUT2D eigenvalue weighted by molar-refractivity contribution is -0.120. The number of hydrogen-bond acceptors (Lipinski definition) is 5. The smallest absolute Gasteiger partial charge is 0.238 e. The molecule has 1 aromatic heterocycles. The van der Waals surface area contributed by atoms with Crippen molar-refractivity contribution in [1.82, 2.24) is 25.5 Å². The Morgan fingerprint density at radius 2 is 2.30 bits per heavy atom. The van der Waals surface area contributed by atoms with E-state index in [-0.39, 0.29) is 11.2 Å². The number of thioether (sulfide) groups is 1. The Balaban J connectivity index is 1.63. The van der Waals surface area contributed by atoms with Crippen LogP contribution in [0.2, 0.25) is 0 Å². The van der Waals surface area contributed by atoms with Crippen LogP contribution in [0.4, 0.5) is 0 Å². The van der Waals surface area contributed by atoms with Crippen molar-refractivity contribution in [1.29, 1.82) is 0 Å². The van der Waals surface area contributed by atoms with E-state index in [0.29, 0.717) is 12.4 Å². The predicted molar refractivity (Wildman–Crippen MR) is 89.9 cm³/mol. The number of tetrazole rings is 1. The van der Waals surface area contributed by atoms with Crippen molar-refractivity contribution >= 4 is 17.7 Å². The van der Waals surface area contributed by atoms with E-state index in [1.807, 2.05) is 12.1 Å². The number of aryl methyl sites for hydroxylation is 2. The second-order valence-corrected chi connectivity index (χ2v) is 6.80. The maximum absolute atomic E-state index is 12.6. The molecule has 3 rings (SSSR count). The molecule has 0 fully saturated rings. The van der Waals surface area contributed by atoms with Crippen LogP contribution in [-0.2, 0) is 24.3 Å². The molecule has 0 saturated carbocycles. The molecular weight excluding hydrogens is 310 g/mol. The van der Waals surface area contributed by atoms with E-state index < -0.39 is 0 Å². The number of carbonyl (C=O) groups excluding carboxylic acids is 1. The van der Waals surface area contributed by atoms with Gasteiger partial charge in [-0.25, -0.2) is 4.68 Å². The molecular formula is C16H21N5OS. The minimum absolute atomic E-state index is 0.0344. The van der Waals surface area contributed by atoms with E-state index in [1.165, 1.54) is 5.56 Å². The normalized spacial score (nSPS) is 16.8. The van der Waals surface area contributed by atoms with Gasteiger partial charge < -0.3 is 5.32 Å². The molecule has 0 spiro atoms. The highest BCUT2D eigenvalue weighted by Gasteiger charge is 2.26. The number of aromatic nitrogens is 4. The average molecular weight is 331 g/mol. The van der Waals surface area contributed by atoms with Crippen LogP contribution < -0.4 is 5.32 Å². The predicted octanol–water partition coefficient (Wildman–Crippen LogP) is 2.12. The largest absolute Gasteiger partial charge is 0.347 e. The number of nitrogens with zero attached hydrogens (tertiary/aromatic N) is 4. The molecule has 1 aliphatic heterocycles. The molecule has 1 aromatic carbocycles. The van der Waals surface area contributed by atoms with E-state index >= 15 is 0 Å². The number of carbonyl (C=O) groups is 1. The van der Waals surface area contributed by atoms with Crippen LogP contribution in [0.15, 0.2) is 24.3 Å². The van der Waals surface area contributed by atoms with Gasteiger partial charge in [-0.05, 0) is 40.1 Å². The van der Waals surface area contributed by atoms with Crippen molar-refractivity contribution in [3.63, 3.8) is 0 Å². The molecule has 2 heterocycles. The third kappa shape index (κ3) is 3.72. The maximum atomic E-state index is 12.6. The Bertz CT molecular complexity index is 672. The number of fused-ring (bicyclic) bond motifs is 1. The van der Waals surface area contributed by atoms with Gasteiger partial charge >= 0.3 is 0 Å². The summed E-state index contributed by atoms with van der Waals surface area (Å²) in [6, 6.07) is 8.19. The monoisotopic (exact) mass is 331 g/mol. The number of amides is 1. The zero-order chi connectivity index (χ0) is 16.1. The fraction of sp³-hybridized carbons (Fsp3) is 0.500. The lowest BCUT2D eigenvalue weighted by Gasteiger charge is -2.24. The Hall–Kier alpha value is -1.89. The van der Waals surface area contributed by atoms with E-state index in [1.54, 1.807) is 16.4 Å². The Kier molecular flexibility index (Phi) is 5.27. The quantitative estimate of drug-likeness (QED) is 0.878. The molecule has 122 valence electrons. The molecule has 1 atom stereocenters. The molecule has 6 nitrogen and oxygen atoms in total. The van der Waals surface area contributed by atoms with Crippen molar-refractivity contribution < 1.29 is 4.79 Å². The van der Waals surface area contributed by atoms with Gasteiger partial charge in [0.05, 0.1) is 6.54 Å². The van der Waals surface area contributed by atoms with Crippen molar-refractivity contribution in [3.05, 3.63) is 41.2 Å². The summed E-state index contributed by atoms with van der Waals surface area (Å²) in [5.41, 5.74) is 2.41. The summed E-state index contributed by atoms with van der Waals surface area (Å²) in [6.45, 7) is 3.29. The first-order valence-corrected chi connectivity index (χ1v) is 9.06. The highest BCUT2D eigenvalue weighted by Crippen LogP contribution is 2.36. The van der Waals surface area contributed by atoms with E-state index in [2.05, 4.69) is 39.9 Å². The van der Waals surface area contributed by atoms with Gasteiger partial charge in [-0.3, -0.25) is 4.79 Å². The summed E-state index contributed by atoms with van der Waals surface area (Å²) in [6.07, 6.45) is 3.14. The molecule has 23 heavy (non-hydrogen) atoms. The molecule has 2 aromatic rings. The summed E-state index contributed by atoms with van der Waals surface area (Å²) in [5.74, 6) is 1.72. The lowest BCUT2D eigenvalue weighted by atomic mass is 10.0. The molecule has 0 bridgehead atoms. The lowest BCUT2D eigenvalue weighted by Crippen LogP contribution is -2.30. The first kappa shape index (κ1) is 16.0. The zero-order valence-electron chi connectivity index (χ0n) is 13.2. The van der Waals surface area contributed by atoms with Crippen molar-refractivity contribution in [3.8, 4) is 0 Å². The standard InChI is InChI=1S/C16H21N5OS/c1-2-3-9-21-14(18-19-20-21)11-17-16(22)15-13-7-5-4-6-12(13)8-10-23-15/h4-7,15H,2-3,8-11H2,1H3,(H,17,22). The SMILES string of the molecule is CCCCn1nnnc1CNC(=O)C1SCCc2ccccc21. The fourth-order valence-corrected chi connectivity index (χ4v) is 3.92. The van der Waals surface area contributed by atoms with Crippen LogP contribution in [0.3, 0.4) is 0 Å². The van der Waals surface area contributed by atoms with Gasteiger partial charge in [-0.15, -0.1) is 16.9 Å². The topological polar surface area (TPSA) is 72.7 Å². The summed E-state index contributed by atoms with van der Waals surface area (Å²) in [4.78, 5) is 12.6. The van der Waals surface area contributed by atoms with Crippen LogP contribution in [0.25, 0.3) is 0 Å². The van der Waals surface area contributed by atoms with E-state index in [0.717, 1.165) is 37.1 Å². The van der Waals surface area contributed by atoms with Gasteiger partial charge in [0.2, 0.25) is 5.91 Å². The van der Waals surface area contributed by atoms with E-state index in [4.69, 9.17) is 0 Å². The Morgan fingerprint density at radius 1 is 1.43 bits per heavy atom. The zero-order valence-corrected chi connectivity index (χ0v) is 14.1. The second-order valence-electron chi connectivity index (χ2n) is 5.59. The first-order valence-electron chi connectivity index (χ1n) is 8.01. The van der Waals surface area contributed by atoms with Crippen LogP contribution >= 0.6 is 11.8 Å².